The second-order valence-corrected chi connectivity index (χ2v) is 8.89. The highest BCUT2D eigenvalue weighted by molar-refractivity contribution is 6.01. The van der Waals surface area contributed by atoms with E-state index in [2.05, 4.69) is 37.7 Å². The van der Waals surface area contributed by atoms with Gasteiger partial charge in [0.25, 0.3) is 5.91 Å². The van der Waals surface area contributed by atoms with Gasteiger partial charge in [-0.2, -0.15) is 0 Å². The predicted octanol–water partition coefficient (Wildman–Crippen LogP) is 4.67. The number of nitrogens with zero attached hydrogens (tertiary/aromatic N) is 2. The quantitative estimate of drug-likeness (QED) is 0.693. The van der Waals surface area contributed by atoms with Crippen molar-refractivity contribution in [3.05, 3.63) is 22.5 Å². The number of ether oxygens (including phenoxy) is 1. The molecule has 1 aliphatic heterocycles. The molecular weight excluding hydrogens is 366 g/mol. The summed E-state index contributed by atoms with van der Waals surface area (Å²) in [5, 5.41) is 0. The lowest BCUT2D eigenvalue weighted by molar-refractivity contribution is 0.00626. The third-order valence-corrected chi connectivity index (χ3v) is 4.64. The number of nitrogens with one attached hydrogen (secondary N) is 1. The van der Waals surface area contributed by atoms with Crippen molar-refractivity contribution >= 4 is 11.9 Å². The predicted molar refractivity (Wildman–Crippen MR) is 121 cm³/mol. The van der Waals surface area contributed by atoms with Gasteiger partial charge in [0.2, 0.25) is 0 Å². The first-order valence-corrected chi connectivity index (χ1v) is 11.0. The number of carbonyl (C=O) groups excluding carboxylic acids is 2. The molecule has 0 aromatic carbocycles. The number of hydrogen-bond donors (Lipinski definition) is 1. The minimum Gasteiger partial charge on any atom is -0.455 e. The molecule has 1 aromatic heterocycles. The monoisotopic (exact) mass is 409 g/mol. The van der Waals surface area contributed by atoms with Crippen LogP contribution in [-0.4, -0.2) is 65.5 Å². The van der Waals surface area contributed by atoms with Gasteiger partial charge < -0.3 is 19.5 Å². The summed E-state index contributed by atoms with van der Waals surface area (Å²) in [6.45, 7) is 17.1. The van der Waals surface area contributed by atoms with Gasteiger partial charge in [0.05, 0.1) is 5.56 Å². The molecule has 1 aromatic rings. The molecule has 0 unspecified atom stereocenters. The number of aromatic amines is 1. The molecule has 0 bridgehead atoms. The number of fused-ring (bicyclic) bond motifs is 1. The molecule has 2 rings (SSSR count). The van der Waals surface area contributed by atoms with E-state index in [-0.39, 0.29) is 7.33 Å². The normalized spacial score (nSPS) is 14.2. The molecule has 1 amide bonds. The Labute approximate surface area is 178 Å². The average Bonchev–Trinajstić information content (AvgIpc) is 2.84. The third-order valence-electron chi connectivity index (χ3n) is 4.64. The molecule has 0 aliphatic carbocycles. The van der Waals surface area contributed by atoms with Gasteiger partial charge in [-0.15, -0.1) is 0 Å². The first-order chi connectivity index (χ1) is 13.6. The van der Waals surface area contributed by atoms with Crippen LogP contribution in [0.3, 0.4) is 0 Å². The summed E-state index contributed by atoms with van der Waals surface area (Å²) < 4.78 is 5.48. The average molecular weight is 410 g/mol. The highest BCUT2D eigenvalue weighted by Gasteiger charge is 2.31. The van der Waals surface area contributed by atoms with Gasteiger partial charge >= 0.3 is 5.97 Å². The summed E-state index contributed by atoms with van der Waals surface area (Å²) in [5.74, 6) is -0.379. The smallest absolute Gasteiger partial charge is 0.355 e. The number of esters is 1. The summed E-state index contributed by atoms with van der Waals surface area (Å²) >= 11 is 0. The first kappa shape index (κ1) is 25.2. The lowest BCUT2D eigenvalue weighted by Gasteiger charge is -2.24. The lowest BCUT2D eigenvalue weighted by atomic mass is 10.1. The summed E-state index contributed by atoms with van der Waals surface area (Å²) in [4.78, 5) is 32.9. The number of hydrogen-bond acceptors (Lipinski definition) is 4. The second kappa shape index (κ2) is 11.4. The molecule has 168 valence electrons. The van der Waals surface area contributed by atoms with Crippen LogP contribution in [-0.2, 0) is 11.2 Å². The minimum absolute atomic E-state index is 0. The summed E-state index contributed by atoms with van der Waals surface area (Å²) in [5.41, 5.74) is 2.06. The van der Waals surface area contributed by atoms with Crippen LogP contribution in [0.1, 0.15) is 94.3 Å². The van der Waals surface area contributed by atoms with Gasteiger partial charge in [0.1, 0.15) is 11.3 Å². The number of likely N-dealkylation sites (N-methyl/N-ethyl adjacent to an activating group) is 1. The SMILES string of the molecule is CCC.CCCN(C)CCN1CCCc2[nH]c(C(=O)OC(C)(C)C)c(C)c2C1=O.[HH]. The Kier molecular flexibility index (Phi) is 9.90. The fraction of sp³-hybridized carbons (Fsp3) is 0.739. The number of aryl methyl sites for hydroxylation is 1. The highest BCUT2D eigenvalue weighted by Crippen LogP contribution is 2.26. The molecule has 6 nitrogen and oxygen atoms in total. The number of carbonyl (C=O) groups is 2. The Morgan fingerprint density at radius 1 is 1.24 bits per heavy atom. The van der Waals surface area contributed by atoms with Gasteiger partial charge in [0, 0.05) is 26.8 Å². The first-order valence-electron chi connectivity index (χ1n) is 11.0. The zero-order valence-electron chi connectivity index (χ0n) is 19.8. The topological polar surface area (TPSA) is 65.6 Å². The molecule has 6 heteroatoms. The summed E-state index contributed by atoms with van der Waals surface area (Å²) in [7, 11) is 2.08. The largest absolute Gasteiger partial charge is 0.455 e. The van der Waals surface area contributed by atoms with Gasteiger partial charge in [-0.25, -0.2) is 4.79 Å². The van der Waals surface area contributed by atoms with E-state index in [1.807, 2.05) is 32.6 Å². The molecule has 0 fully saturated rings. The van der Waals surface area contributed by atoms with E-state index in [1.54, 1.807) is 0 Å². The van der Waals surface area contributed by atoms with Crippen LogP contribution in [0.5, 0.6) is 0 Å². The zero-order chi connectivity index (χ0) is 22.2. The van der Waals surface area contributed by atoms with Crippen molar-refractivity contribution in [1.29, 1.82) is 0 Å². The van der Waals surface area contributed by atoms with Crippen molar-refractivity contribution in [3.8, 4) is 0 Å². The standard InChI is InChI=1S/C20H33N3O3.C3H8.H2/c1-7-10-22(6)12-13-23-11-8-9-15-16(18(23)24)14(2)17(21-15)19(25)26-20(3,4)5;1-3-2;/h21H,7-13H2,1-6H3;3H2,1-2H3;1H. The van der Waals surface area contributed by atoms with Crippen LogP contribution in [0.2, 0.25) is 0 Å². The van der Waals surface area contributed by atoms with Crippen molar-refractivity contribution in [2.45, 2.75) is 79.8 Å². The Bertz CT molecular complexity index is 680. The van der Waals surface area contributed by atoms with Crippen LogP contribution < -0.4 is 0 Å². The van der Waals surface area contributed by atoms with Crippen LogP contribution in [0.4, 0.5) is 0 Å². The number of rotatable bonds is 6. The molecule has 1 N–H and O–H groups in total. The Hall–Kier alpha value is -1.82. The molecule has 0 saturated heterocycles. The van der Waals surface area contributed by atoms with Crippen LogP contribution in [0, 0.1) is 6.92 Å². The van der Waals surface area contributed by atoms with E-state index in [0.29, 0.717) is 23.4 Å². The van der Waals surface area contributed by atoms with Crippen molar-refractivity contribution in [2.75, 3.05) is 33.2 Å². The van der Waals surface area contributed by atoms with E-state index in [0.717, 1.165) is 44.6 Å². The van der Waals surface area contributed by atoms with E-state index in [9.17, 15) is 9.59 Å². The van der Waals surface area contributed by atoms with Crippen LogP contribution in [0.15, 0.2) is 0 Å². The minimum atomic E-state index is -0.564. The van der Waals surface area contributed by atoms with Gasteiger partial charge in [-0.3, -0.25) is 4.79 Å². The molecule has 0 saturated carbocycles. The molecule has 0 radical (unpaired) electrons. The van der Waals surface area contributed by atoms with Crippen molar-refractivity contribution in [1.82, 2.24) is 14.8 Å². The molecule has 0 atom stereocenters. The maximum absolute atomic E-state index is 13.1. The Balaban J connectivity index is 0.00000198. The fourth-order valence-electron chi connectivity index (χ4n) is 3.37. The number of amides is 1. The third kappa shape index (κ3) is 7.50. The Morgan fingerprint density at radius 3 is 2.41 bits per heavy atom. The number of aromatic nitrogens is 1. The van der Waals surface area contributed by atoms with Crippen molar-refractivity contribution in [3.63, 3.8) is 0 Å². The second-order valence-electron chi connectivity index (χ2n) is 8.89. The summed E-state index contributed by atoms with van der Waals surface area (Å²) in [6.07, 6.45) is 4.01. The van der Waals surface area contributed by atoms with Gasteiger partial charge in [-0.05, 0) is 66.1 Å². The number of H-pyrrole nitrogens is 1. The van der Waals surface area contributed by atoms with Gasteiger partial charge in [-0.1, -0.05) is 27.2 Å². The van der Waals surface area contributed by atoms with E-state index in [4.69, 9.17) is 4.74 Å². The maximum atomic E-state index is 13.1. The van der Waals surface area contributed by atoms with Crippen molar-refractivity contribution in [2.24, 2.45) is 0 Å². The molecule has 29 heavy (non-hydrogen) atoms. The fourth-order valence-corrected chi connectivity index (χ4v) is 3.37. The zero-order valence-corrected chi connectivity index (χ0v) is 19.8. The summed E-state index contributed by atoms with van der Waals surface area (Å²) in [6, 6.07) is 0. The van der Waals surface area contributed by atoms with E-state index < -0.39 is 11.6 Å². The molecular formula is C23H43N3O3. The van der Waals surface area contributed by atoms with Gasteiger partial charge in [0.15, 0.2) is 0 Å². The molecule has 2 heterocycles. The van der Waals surface area contributed by atoms with Crippen LogP contribution in [0.25, 0.3) is 0 Å². The lowest BCUT2D eigenvalue weighted by Crippen LogP contribution is -2.38. The van der Waals surface area contributed by atoms with E-state index >= 15 is 0 Å². The molecule has 0 spiro atoms. The Morgan fingerprint density at radius 2 is 1.86 bits per heavy atom. The highest BCUT2D eigenvalue weighted by atomic mass is 16.6. The maximum Gasteiger partial charge on any atom is 0.355 e. The van der Waals surface area contributed by atoms with Crippen LogP contribution >= 0.6 is 0 Å². The molecule has 1 aliphatic rings. The van der Waals surface area contributed by atoms with E-state index in [1.165, 1.54) is 6.42 Å². The van der Waals surface area contributed by atoms with Crippen molar-refractivity contribution < 1.29 is 15.8 Å².